The lowest BCUT2D eigenvalue weighted by Gasteiger charge is -2.32. The van der Waals surface area contributed by atoms with Crippen LogP contribution in [-0.2, 0) is 19.0 Å². The average molecular weight is 413 g/mol. The fraction of sp³-hybridized carbons (Fsp3) is 0.526. The van der Waals surface area contributed by atoms with E-state index < -0.39 is 11.7 Å². The molecule has 2 heterocycles. The lowest BCUT2D eigenvalue weighted by Crippen LogP contribution is -2.39. The van der Waals surface area contributed by atoms with E-state index in [2.05, 4.69) is 20.1 Å². The van der Waals surface area contributed by atoms with E-state index in [0.29, 0.717) is 31.9 Å². The van der Waals surface area contributed by atoms with Crippen LogP contribution >= 0.6 is 11.6 Å². The summed E-state index contributed by atoms with van der Waals surface area (Å²) in [6, 6.07) is 3.14. The van der Waals surface area contributed by atoms with Crippen molar-refractivity contribution in [2.75, 3.05) is 18.0 Å². The minimum atomic E-state index is -4.43. The summed E-state index contributed by atoms with van der Waals surface area (Å²) in [4.78, 5) is 6.72. The topological polar surface area (TPSA) is 51.1 Å². The SMILES string of the molecule is FC(F)(F)c1ccc(Cl)c(OC2CCN(c3nnc4c(n3)CCCC4)CC2)c1. The van der Waals surface area contributed by atoms with Crippen LogP contribution in [0.15, 0.2) is 18.2 Å². The highest BCUT2D eigenvalue weighted by Crippen LogP contribution is 2.36. The third-order valence-corrected chi connectivity index (χ3v) is 5.49. The summed E-state index contributed by atoms with van der Waals surface area (Å²) in [6.45, 7) is 1.31. The van der Waals surface area contributed by atoms with Crippen LogP contribution < -0.4 is 9.64 Å². The molecule has 0 saturated carbocycles. The van der Waals surface area contributed by atoms with Crippen LogP contribution in [-0.4, -0.2) is 34.4 Å². The lowest BCUT2D eigenvalue weighted by atomic mass is 10.0. The van der Waals surface area contributed by atoms with Gasteiger partial charge in [0.25, 0.3) is 0 Å². The van der Waals surface area contributed by atoms with E-state index in [1.807, 2.05) is 0 Å². The van der Waals surface area contributed by atoms with Gasteiger partial charge in [0.1, 0.15) is 11.9 Å². The van der Waals surface area contributed by atoms with Gasteiger partial charge < -0.3 is 9.64 Å². The molecule has 0 radical (unpaired) electrons. The number of nitrogens with zero attached hydrogens (tertiary/aromatic N) is 4. The third-order valence-electron chi connectivity index (χ3n) is 5.18. The minimum Gasteiger partial charge on any atom is -0.489 e. The Morgan fingerprint density at radius 2 is 1.75 bits per heavy atom. The molecule has 5 nitrogen and oxygen atoms in total. The molecule has 1 aliphatic carbocycles. The fourth-order valence-corrected chi connectivity index (χ4v) is 3.77. The lowest BCUT2D eigenvalue weighted by molar-refractivity contribution is -0.137. The highest BCUT2D eigenvalue weighted by Gasteiger charge is 2.32. The molecule has 150 valence electrons. The Bertz CT molecular complexity index is 854. The standard InChI is InChI=1S/C19H20ClF3N4O/c20-14-6-5-12(19(21,22)23)11-17(14)28-13-7-9-27(10-8-13)18-24-15-3-1-2-4-16(15)25-26-18/h5-6,11,13H,1-4,7-10H2. The molecule has 4 rings (SSSR count). The van der Waals surface area contributed by atoms with Gasteiger partial charge in [0.2, 0.25) is 5.95 Å². The maximum Gasteiger partial charge on any atom is 0.416 e. The number of hydrogen-bond acceptors (Lipinski definition) is 5. The highest BCUT2D eigenvalue weighted by molar-refractivity contribution is 6.32. The molecular formula is C19H20ClF3N4O. The number of aryl methyl sites for hydroxylation is 2. The second-order valence-corrected chi connectivity index (χ2v) is 7.57. The Kier molecular flexibility index (Phi) is 5.31. The van der Waals surface area contributed by atoms with Crippen molar-refractivity contribution in [2.45, 2.75) is 50.8 Å². The van der Waals surface area contributed by atoms with Crippen molar-refractivity contribution in [3.63, 3.8) is 0 Å². The van der Waals surface area contributed by atoms with Gasteiger partial charge in [0.15, 0.2) is 0 Å². The second kappa shape index (κ2) is 7.73. The third kappa shape index (κ3) is 4.16. The molecule has 1 fully saturated rings. The van der Waals surface area contributed by atoms with E-state index in [1.54, 1.807) is 0 Å². The van der Waals surface area contributed by atoms with Crippen molar-refractivity contribution in [1.29, 1.82) is 0 Å². The summed E-state index contributed by atoms with van der Waals surface area (Å²) >= 11 is 6.03. The number of alkyl halides is 3. The molecule has 0 atom stereocenters. The van der Waals surface area contributed by atoms with Crippen molar-refractivity contribution >= 4 is 17.5 Å². The molecule has 1 aromatic heterocycles. The van der Waals surface area contributed by atoms with Gasteiger partial charge in [-0.3, -0.25) is 0 Å². The molecule has 2 aromatic rings. The number of aromatic nitrogens is 3. The van der Waals surface area contributed by atoms with Crippen LogP contribution in [0.1, 0.15) is 42.6 Å². The van der Waals surface area contributed by atoms with E-state index >= 15 is 0 Å². The van der Waals surface area contributed by atoms with Gasteiger partial charge in [-0.25, -0.2) is 4.98 Å². The summed E-state index contributed by atoms with van der Waals surface area (Å²) < 4.78 is 44.5. The molecule has 1 saturated heterocycles. The molecule has 0 N–H and O–H groups in total. The molecule has 0 amide bonds. The number of ether oxygens (including phenoxy) is 1. The molecule has 1 aliphatic heterocycles. The van der Waals surface area contributed by atoms with E-state index in [4.69, 9.17) is 16.3 Å². The zero-order valence-corrected chi connectivity index (χ0v) is 15.9. The summed E-state index contributed by atoms with van der Waals surface area (Å²) in [5.74, 6) is 0.692. The van der Waals surface area contributed by atoms with Crippen molar-refractivity contribution in [2.24, 2.45) is 0 Å². The Hall–Kier alpha value is -2.09. The monoisotopic (exact) mass is 412 g/mol. The first-order valence-corrected chi connectivity index (χ1v) is 9.79. The van der Waals surface area contributed by atoms with Crippen LogP contribution in [0.25, 0.3) is 0 Å². The van der Waals surface area contributed by atoms with E-state index in [1.165, 1.54) is 6.07 Å². The first kappa shape index (κ1) is 19.2. The van der Waals surface area contributed by atoms with Crippen molar-refractivity contribution in [3.05, 3.63) is 40.2 Å². The quantitative estimate of drug-likeness (QED) is 0.744. The maximum atomic E-state index is 12.9. The summed E-state index contributed by atoms with van der Waals surface area (Å²) in [5, 5.41) is 8.75. The number of rotatable bonds is 3. The first-order valence-electron chi connectivity index (χ1n) is 9.41. The normalized spacial score (nSPS) is 18.1. The smallest absolute Gasteiger partial charge is 0.416 e. The van der Waals surface area contributed by atoms with Crippen molar-refractivity contribution in [3.8, 4) is 5.75 Å². The Morgan fingerprint density at radius 3 is 2.46 bits per heavy atom. The molecular weight excluding hydrogens is 393 g/mol. The second-order valence-electron chi connectivity index (χ2n) is 7.16. The van der Waals surface area contributed by atoms with Gasteiger partial charge in [0.05, 0.1) is 22.0 Å². The predicted octanol–water partition coefficient (Wildman–Crippen LogP) is 4.47. The zero-order valence-electron chi connectivity index (χ0n) is 15.2. The molecule has 0 bridgehead atoms. The van der Waals surface area contributed by atoms with Gasteiger partial charge in [-0.1, -0.05) is 11.6 Å². The molecule has 28 heavy (non-hydrogen) atoms. The Morgan fingerprint density at radius 1 is 1.04 bits per heavy atom. The van der Waals surface area contributed by atoms with E-state index in [-0.39, 0.29) is 16.9 Å². The summed E-state index contributed by atoms with van der Waals surface area (Å²) in [6.07, 6.45) is 0.780. The largest absolute Gasteiger partial charge is 0.489 e. The zero-order chi connectivity index (χ0) is 19.7. The summed E-state index contributed by atoms with van der Waals surface area (Å²) in [5.41, 5.74) is 1.26. The van der Waals surface area contributed by atoms with Crippen LogP contribution in [0.3, 0.4) is 0 Å². The molecule has 0 unspecified atom stereocenters. The van der Waals surface area contributed by atoms with Gasteiger partial charge in [0, 0.05) is 25.9 Å². The van der Waals surface area contributed by atoms with Gasteiger partial charge >= 0.3 is 6.18 Å². The molecule has 2 aliphatic rings. The summed E-state index contributed by atoms with van der Waals surface area (Å²) in [7, 11) is 0. The van der Waals surface area contributed by atoms with E-state index in [0.717, 1.165) is 49.2 Å². The number of hydrogen-bond donors (Lipinski definition) is 0. The van der Waals surface area contributed by atoms with Crippen LogP contribution in [0.4, 0.5) is 19.1 Å². The van der Waals surface area contributed by atoms with Gasteiger partial charge in [-0.15, -0.1) is 10.2 Å². The molecule has 1 aromatic carbocycles. The van der Waals surface area contributed by atoms with Crippen molar-refractivity contribution < 1.29 is 17.9 Å². The van der Waals surface area contributed by atoms with Gasteiger partial charge in [-0.05, 0) is 43.9 Å². The number of benzene rings is 1. The number of fused-ring (bicyclic) bond motifs is 1. The number of piperidine rings is 1. The molecule has 0 spiro atoms. The predicted molar refractivity (Wildman–Crippen MR) is 98.8 cm³/mol. The average Bonchev–Trinajstić information content (AvgIpc) is 2.69. The number of anilines is 1. The first-order chi connectivity index (χ1) is 13.4. The van der Waals surface area contributed by atoms with Crippen LogP contribution in [0, 0.1) is 0 Å². The highest BCUT2D eigenvalue weighted by atomic mass is 35.5. The fourth-order valence-electron chi connectivity index (χ4n) is 3.61. The Labute approximate surface area is 165 Å². The molecule has 9 heteroatoms. The van der Waals surface area contributed by atoms with Crippen LogP contribution in [0.2, 0.25) is 5.02 Å². The van der Waals surface area contributed by atoms with Gasteiger partial charge in [-0.2, -0.15) is 13.2 Å². The van der Waals surface area contributed by atoms with Crippen molar-refractivity contribution in [1.82, 2.24) is 15.2 Å². The number of halogens is 4. The maximum absolute atomic E-state index is 12.9. The minimum absolute atomic E-state index is 0.0710. The Balaban J connectivity index is 1.40. The van der Waals surface area contributed by atoms with Crippen LogP contribution in [0.5, 0.6) is 5.75 Å². The van der Waals surface area contributed by atoms with E-state index in [9.17, 15) is 13.2 Å².